The number of hydrogen-bond acceptors (Lipinski definition) is 4. The number of carboxylic acid groups (broad SMARTS) is 1. The van der Waals surface area contributed by atoms with Gasteiger partial charge in [0, 0.05) is 6.07 Å². The highest BCUT2D eigenvalue weighted by atomic mass is 16.6. The molecule has 1 heterocycles. The van der Waals surface area contributed by atoms with Gasteiger partial charge in [-0.3, -0.25) is 4.79 Å². The van der Waals surface area contributed by atoms with Crippen molar-refractivity contribution in [2.24, 2.45) is 0 Å². The van der Waals surface area contributed by atoms with Gasteiger partial charge in [-0.15, -0.1) is 0 Å². The van der Waals surface area contributed by atoms with Gasteiger partial charge >= 0.3 is 11.8 Å². The number of H-pyrrole nitrogens is 1. The molecule has 1 rings (SSSR count). The molecule has 0 aromatic carbocycles. The van der Waals surface area contributed by atoms with Crippen molar-refractivity contribution in [3.63, 3.8) is 0 Å². The van der Waals surface area contributed by atoms with Crippen molar-refractivity contribution in [2.45, 2.75) is 32.2 Å². The molecule has 1 unspecified atom stereocenters. The molecule has 0 spiro atoms. The molecule has 1 aromatic rings. The van der Waals surface area contributed by atoms with Crippen LogP contribution in [0.25, 0.3) is 0 Å². The number of carboxylic acids is 1. The average Bonchev–Trinajstić information content (AvgIpc) is 2.83. The Labute approximate surface area is 109 Å². The Balaban J connectivity index is 2.70. The Morgan fingerprint density at radius 1 is 1.53 bits per heavy atom. The molecule has 0 bridgehead atoms. The first kappa shape index (κ1) is 14.7. The fourth-order valence-electron chi connectivity index (χ4n) is 1.52. The third-order valence-corrected chi connectivity index (χ3v) is 2.56. The van der Waals surface area contributed by atoms with E-state index in [1.54, 1.807) is 0 Å². The number of amides is 1. The first-order valence-corrected chi connectivity index (χ1v) is 5.82. The maximum absolute atomic E-state index is 11.7. The summed E-state index contributed by atoms with van der Waals surface area (Å²) in [5, 5.41) is 21.7. The predicted molar refractivity (Wildman–Crippen MR) is 65.9 cm³/mol. The van der Waals surface area contributed by atoms with Crippen molar-refractivity contribution < 1.29 is 19.6 Å². The maximum atomic E-state index is 11.7. The lowest BCUT2D eigenvalue weighted by Gasteiger charge is -2.12. The molecule has 1 amide bonds. The highest BCUT2D eigenvalue weighted by Gasteiger charge is 2.22. The van der Waals surface area contributed by atoms with Gasteiger partial charge in [-0.2, -0.15) is 0 Å². The van der Waals surface area contributed by atoms with Crippen LogP contribution in [-0.2, 0) is 4.79 Å². The quantitative estimate of drug-likeness (QED) is 0.508. The van der Waals surface area contributed by atoms with Crippen molar-refractivity contribution in [3.05, 3.63) is 27.9 Å². The van der Waals surface area contributed by atoms with Gasteiger partial charge in [0.15, 0.2) is 5.69 Å². The molecule has 19 heavy (non-hydrogen) atoms. The molecule has 0 aliphatic heterocycles. The van der Waals surface area contributed by atoms with Gasteiger partial charge in [0.05, 0.1) is 0 Å². The van der Waals surface area contributed by atoms with Crippen molar-refractivity contribution in [2.75, 3.05) is 0 Å². The van der Waals surface area contributed by atoms with Crippen molar-refractivity contribution in [3.8, 4) is 0 Å². The Hall–Kier alpha value is -2.38. The van der Waals surface area contributed by atoms with E-state index in [-0.39, 0.29) is 11.5 Å². The highest BCUT2D eigenvalue weighted by molar-refractivity contribution is 5.95. The second-order valence-electron chi connectivity index (χ2n) is 4.02. The molecule has 0 saturated carbocycles. The van der Waals surface area contributed by atoms with Crippen LogP contribution in [0.4, 0.5) is 5.82 Å². The number of aliphatic carboxylic acids is 1. The summed E-state index contributed by atoms with van der Waals surface area (Å²) in [6.45, 7) is 1.91. The smallest absolute Gasteiger partial charge is 0.326 e. The van der Waals surface area contributed by atoms with E-state index in [1.807, 2.05) is 6.92 Å². The summed E-state index contributed by atoms with van der Waals surface area (Å²) < 4.78 is 0. The summed E-state index contributed by atoms with van der Waals surface area (Å²) in [7, 11) is 0. The van der Waals surface area contributed by atoms with Gasteiger partial charge in [-0.25, -0.2) is 9.78 Å². The predicted octanol–water partition coefficient (Wildman–Crippen LogP) is 1.30. The number of nitrogens with one attached hydrogen (secondary N) is 2. The van der Waals surface area contributed by atoms with Crippen LogP contribution >= 0.6 is 0 Å². The van der Waals surface area contributed by atoms with E-state index in [1.165, 1.54) is 6.07 Å². The fourth-order valence-corrected chi connectivity index (χ4v) is 1.52. The standard InChI is InChI=1S/C11H15N3O5/c1-2-3-4-8(11(16)17)13-10(15)7-5-6-9(12-7)14(18)19/h5-6,8,12H,2-4H2,1H3,(H,13,15)(H,16,17). The van der Waals surface area contributed by atoms with Crippen LogP contribution in [0.3, 0.4) is 0 Å². The molecule has 0 saturated heterocycles. The lowest BCUT2D eigenvalue weighted by molar-refractivity contribution is -0.389. The summed E-state index contributed by atoms with van der Waals surface area (Å²) in [6, 6.07) is 1.40. The van der Waals surface area contributed by atoms with Crippen molar-refractivity contribution in [1.29, 1.82) is 0 Å². The third-order valence-electron chi connectivity index (χ3n) is 2.56. The monoisotopic (exact) mass is 269 g/mol. The fraction of sp³-hybridized carbons (Fsp3) is 0.455. The van der Waals surface area contributed by atoms with Crippen LogP contribution in [0.2, 0.25) is 0 Å². The molecule has 8 nitrogen and oxygen atoms in total. The largest absolute Gasteiger partial charge is 0.480 e. The number of carbonyl (C=O) groups excluding carboxylic acids is 1. The van der Waals surface area contributed by atoms with Gasteiger partial charge in [-0.1, -0.05) is 19.8 Å². The summed E-state index contributed by atoms with van der Waals surface area (Å²) in [5.41, 5.74) is -0.0329. The lowest BCUT2D eigenvalue weighted by Crippen LogP contribution is -2.40. The van der Waals surface area contributed by atoms with Crippen LogP contribution in [-0.4, -0.2) is 32.9 Å². The van der Waals surface area contributed by atoms with Gasteiger partial charge < -0.3 is 20.5 Å². The number of nitrogens with zero attached hydrogens (tertiary/aromatic N) is 1. The minimum atomic E-state index is -1.12. The number of hydrogen-bond donors (Lipinski definition) is 3. The minimum absolute atomic E-state index is 0.0329. The van der Waals surface area contributed by atoms with Gasteiger partial charge in [0.2, 0.25) is 0 Å². The van der Waals surface area contributed by atoms with E-state index in [0.717, 1.165) is 12.5 Å². The summed E-state index contributed by atoms with van der Waals surface area (Å²) in [5.74, 6) is -2.11. The Morgan fingerprint density at radius 3 is 2.68 bits per heavy atom. The molecule has 1 aromatic heterocycles. The maximum Gasteiger partial charge on any atom is 0.326 e. The van der Waals surface area contributed by atoms with E-state index in [2.05, 4.69) is 10.3 Å². The van der Waals surface area contributed by atoms with E-state index < -0.39 is 22.8 Å². The van der Waals surface area contributed by atoms with Gasteiger partial charge in [0.1, 0.15) is 6.04 Å². The highest BCUT2D eigenvalue weighted by Crippen LogP contribution is 2.10. The van der Waals surface area contributed by atoms with Crippen molar-refractivity contribution >= 4 is 17.7 Å². The molecule has 3 N–H and O–H groups in total. The number of rotatable bonds is 7. The Morgan fingerprint density at radius 2 is 2.21 bits per heavy atom. The topological polar surface area (TPSA) is 125 Å². The summed E-state index contributed by atoms with van der Waals surface area (Å²) >= 11 is 0. The lowest BCUT2D eigenvalue weighted by atomic mass is 10.1. The zero-order valence-electron chi connectivity index (χ0n) is 10.4. The molecule has 1 atom stereocenters. The number of aromatic nitrogens is 1. The molecule has 0 fully saturated rings. The van der Waals surface area contributed by atoms with E-state index in [0.29, 0.717) is 12.8 Å². The van der Waals surface area contributed by atoms with Crippen LogP contribution in [0, 0.1) is 10.1 Å². The molecule has 8 heteroatoms. The molecule has 0 aliphatic carbocycles. The van der Waals surface area contributed by atoms with Crippen LogP contribution in [0.15, 0.2) is 12.1 Å². The van der Waals surface area contributed by atoms with E-state index in [4.69, 9.17) is 5.11 Å². The second-order valence-corrected chi connectivity index (χ2v) is 4.02. The molecule has 0 aliphatic rings. The summed E-state index contributed by atoms with van der Waals surface area (Å²) in [4.78, 5) is 34.8. The van der Waals surface area contributed by atoms with E-state index >= 15 is 0 Å². The Bertz CT molecular complexity index is 482. The normalized spacial score (nSPS) is 11.8. The Kier molecular flexibility index (Phi) is 5.04. The number of aromatic amines is 1. The zero-order chi connectivity index (χ0) is 14.4. The first-order valence-electron chi connectivity index (χ1n) is 5.82. The molecular formula is C11H15N3O5. The number of unbranched alkanes of at least 4 members (excludes halogenated alkanes) is 1. The first-order chi connectivity index (χ1) is 8.95. The third kappa shape index (κ3) is 4.09. The number of carbonyl (C=O) groups is 2. The van der Waals surface area contributed by atoms with Crippen LogP contribution in [0.1, 0.15) is 36.7 Å². The van der Waals surface area contributed by atoms with Crippen LogP contribution in [0.5, 0.6) is 0 Å². The number of nitro groups is 1. The molecule has 0 radical (unpaired) electrons. The summed E-state index contributed by atoms with van der Waals surface area (Å²) in [6.07, 6.45) is 1.80. The van der Waals surface area contributed by atoms with Crippen LogP contribution < -0.4 is 5.32 Å². The van der Waals surface area contributed by atoms with Gasteiger partial charge in [0.25, 0.3) is 5.91 Å². The minimum Gasteiger partial charge on any atom is -0.480 e. The zero-order valence-corrected chi connectivity index (χ0v) is 10.4. The average molecular weight is 269 g/mol. The molecular weight excluding hydrogens is 254 g/mol. The SMILES string of the molecule is CCCCC(NC(=O)c1ccc([N+](=O)[O-])[nH]1)C(=O)O. The van der Waals surface area contributed by atoms with E-state index in [9.17, 15) is 19.7 Å². The van der Waals surface area contributed by atoms with Gasteiger partial charge in [-0.05, 0) is 17.4 Å². The molecule has 104 valence electrons. The van der Waals surface area contributed by atoms with Crippen molar-refractivity contribution in [1.82, 2.24) is 10.3 Å². The second kappa shape index (κ2) is 6.53.